The minimum Gasteiger partial charge on any atom is -0.317 e. The zero-order valence-corrected chi connectivity index (χ0v) is 7.98. The molecule has 1 aromatic rings. The molecule has 1 heterocycles. The first-order valence-electron chi connectivity index (χ1n) is 3.82. The molecule has 0 saturated heterocycles. The Bertz CT molecular complexity index is 196. The highest BCUT2D eigenvalue weighted by molar-refractivity contribution is 7.09. The summed E-state index contributed by atoms with van der Waals surface area (Å²) in [5.41, 5.74) is 0. The van der Waals surface area contributed by atoms with Crippen molar-refractivity contribution in [2.45, 2.75) is 25.8 Å². The predicted molar refractivity (Wildman–Crippen MR) is 49.1 cm³/mol. The molecule has 0 aliphatic heterocycles. The highest BCUT2D eigenvalue weighted by atomic mass is 32.1. The van der Waals surface area contributed by atoms with Gasteiger partial charge in [0.1, 0.15) is 0 Å². The normalized spacial score (nSPS) is 16.3. The summed E-state index contributed by atoms with van der Waals surface area (Å²) < 4.78 is 0. The van der Waals surface area contributed by atoms with E-state index >= 15 is 0 Å². The number of hydrogen-bond donors (Lipinski definition) is 1. The molecule has 0 aliphatic carbocycles. The summed E-state index contributed by atoms with van der Waals surface area (Å²) >= 11 is 1.72. The van der Waals surface area contributed by atoms with Gasteiger partial charge < -0.3 is 5.32 Å². The van der Waals surface area contributed by atoms with Crippen molar-refractivity contribution < 1.29 is 0 Å². The number of nitrogens with one attached hydrogen (secondary N) is 1. The van der Waals surface area contributed by atoms with Crippen LogP contribution in [-0.2, 0) is 0 Å². The fourth-order valence-electron chi connectivity index (χ4n) is 0.923. The second-order valence-electron chi connectivity index (χ2n) is 2.74. The van der Waals surface area contributed by atoms with Crippen LogP contribution in [0.1, 0.15) is 24.8 Å². The summed E-state index contributed by atoms with van der Waals surface area (Å²) in [5.74, 6) is 0.514. The van der Waals surface area contributed by atoms with E-state index in [4.69, 9.17) is 0 Å². The van der Waals surface area contributed by atoms with Crippen LogP contribution in [0, 0.1) is 0 Å². The third kappa shape index (κ3) is 2.01. The van der Waals surface area contributed by atoms with Crippen molar-refractivity contribution in [1.82, 2.24) is 10.3 Å². The first kappa shape index (κ1) is 8.68. The first-order chi connectivity index (χ1) is 5.25. The molecule has 0 spiro atoms. The zero-order valence-electron chi connectivity index (χ0n) is 7.16. The summed E-state index contributed by atoms with van der Waals surface area (Å²) in [6, 6.07) is 0.501. The van der Waals surface area contributed by atoms with Crippen molar-refractivity contribution >= 4 is 11.3 Å². The van der Waals surface area contributed by atoms with Gasteiger partial charge >= 0.3 is 0 Å². The van der Waals surface area contributed by atoms with Crippen LogP contribution in [0.5, 0.6) is 0 Å². The highest BCUT2D eigenvalue weighted by Crippen LogP contribution is 2.20. The van der Waals surface area contributed by atoms with E-state index in [0.29, 0.717) is 12.0 Å². The molecule has 0 saturated carbocycles. The van der Waals surface area contributed by atoms with Crippen LogP contribution >= 0.6 is 11.3 Å². The molecule has 2 atom stereocenters. The summed E-state index contributed by atoms with van der Waals surface area (Å²) in [7, 11) is 1.98. The van der Waals surface area contributed by atoms with E-state index in [2.05, 4.69) is 24.1 Å². The van der Waals surface area contributed by atoms with E-state index < -0.39 is 0 Å². The molecule has 1 N–H and O–H groups in total. The summed E-state index contributed by atoms with van der Waals surface area (Å²) in [5, 5.41) is 6.46. The van der Waals surface area contributed by atoms with Crippen LogP contribution in [0.2, 0.25) is 0 Å². The Labute approximate surface area is 71.7 Å². The first-order valence-corrected chi connectivity index (χ1v) is 4.70. The van der Waals surface area contributed by atoms with Gasteiger partial charge in [-0.15, -0.1) is 11.3 Å². The average molecular weight is 170 g/mol. The Morgan fingerprint density at radius 2 is 2.27 bits per heavy atom. The molecule has 3 heteroatoms. The smallest absolute Gasteiger partial charge is 0.0968 e. The number of likely N-dealkylation sites (N-methyl/N-ethyl adjacent to an activating group) is 1. The van der Waals surface area contributed by atoms with E-state index in [1.54, 1.807) is 11.3 Å². The Morgan fingerprint density at radius 3 is 2.73 bits per heavy atom. The number of hydrogen-bond acceptors (Lipinski definition) is 3. The van der Waals surface area contributed by atoms with Gasteiger partial charge in [-0.25, -0.2) is 4.98 Å². The lowest BCUT2D eigenvalue weighted by Crippen LogP contribution is -2.26. The van der Waals surface area contributed by atoms with Crippen LogP contribution in [0.25, 0.3) is 0 Å². The van der Waals surface area contributed by atoms with Gasteiger partial charge in [-0.05, 0) is 14.0 Å². The number of aromatic nitrogens is 1. The topological polar surface area (TPSA) is 24.9 Å². The van der Waals surface area contributed by atoms with Gasteiger partial charge in [0, 0.05) is 23.5 Å². The van der Waals surface area contributed by atoms with Gasteiger partial charge in [-0.2, -0.15) is 0 Å². The molecule has 1 rings (SSSR count). The molecule has 0 bridgehead atoms. The fourth-order valence-corrected chi connectivity index (χ4v) is 1.72. The van der Waals surface area contributed by atoms with Crippen LogP contribution in [0.15, 0.2) is 11.6 Å². The van der Waals surface area contributed by atoms with Gasteiger partial charge in [0.25, 0.3) is 0 Å². The molecule has 62 valence electrons. The van der Waals surface area contributed by atoms with Crippen molar-refractivity contribution in [2.24, 2.45) is 0 Å². The molecule has 0 fully saturated rings. The lowest BCUT2D eigenvalue weighted by Gasteiger charge is -2.16. The Balaban J connectivity index is 2.62. The van der Waals surface area contributed by atoms with Crippen LogP contribution < -0.4 is 5.32 Å². The van der Waals surface area contributed by atoms with Gasteiger partial charge in [0.05, 0.1) is 5.01 Å². The second-order valence-corrected chi connectivity index (χ2v) is 3.66. The van der Waals surface area contributed by atoms with Gasteiger partial charge in [0.15, 0.2) is 0 Å². The third-order valence-electron chi connectivity index (χ3n) is 2.05. The number of rotatable bonds is 3. The van der Waals surface area contributed by atoms with E-state index in [-0.39, 0.29) is 0 Å². The maximum absolute atomic E-state index is 4.26. The number of nitrogens with zero attached hydrogens (tertiary/aromatic N) is 1. The summed E-state index contributed by atoms with van der Waals surface area (Å²) in [4.78, 5) is 4.26. The quantitative estimate of drug-likeness (QED) is 0.749. The molecule has 2 unspecified atom stereocenters. The third-order valence-corrected chi connectivity index (χ3v) is 3.02. The zero-order chi connectivity index (χ0) is 8.27. The van der Waals surface area contributed by atoms with Crippen LogP contribution in [-0.4, -0.2) is 18.1 Å². The molecule has 0 amide bonds. The lowest BCUT2D eigenvalue weighted by molar-refractivity contribution is 0.522. The van der Waals surface area contributed by atoms with Crippen molar-refractivity contribution in [3.05, 3.63) is 16.6 Å². The van der Waals surface area contributed by atoms with E-state index in [9.17, 15) is 0 Å². The van der Waals surface area contributed by atoms with Gasteiger partial charge in [-0.3, -0.25) is 0 Å². The minimum absolute atomic E-state index is 0.501. The van der Waals surface area contributed by atoms with Crippen molar-refractivity contribution in [1.29, 1.82) is 0 Å². The molecule has 1 aromatic heterocycles. The Kier molecular flexibility index (Phi) is 3.02. The highest BCUT2D eigenvalue weighted by Gasteiger charge is 2.13. The minimum atomic E-state index is 0.501. The number of thiazole rings is 1. The molecule has 0 aromatic carbocycles. The summed E-state index contributed by atoms with van der Waals surface area (Å²) in [6.07, 6.45) is 1.86. The molecular formula is C8H14N2S. The SMILES string of the molecule is CNC(C)C(C)c1nccs1. The van der Waals surface area contributed by atoms with E-state index in [1.807, 2.05) is 18.6 Å². The van der Waals surface area contributed by atoms with E-state index in [0.717, 1.165) is 0 Å². The van der Waals surface area contributed by atoms with Crippen molar-refractivity contribution in [2.75, 3.05) is 7.05 Å². The fraction of sp³-hybridized carbons (Fsp3) is 0.625. The van der Waals surface area contributed by atoms with Gasteiger partial charge in [-0.1, -0.05) is 6.92 Å². The maximum atomic E-state index is 4.26. The summed E-state index contributed by atoms with van der Waals surface area (Å²) in [6.45, 7) is 4.37. The van der Waals surface area contributed by atoms with Crippen molar-refractivity contribution in [3.63, 3.8) is 0 Å². The van der Waals surface area contributed by atoms with Crippen LogP contribution in [0.4, 0.5) is 0 Å². The van der Waals surface area contributed by atoms with E-state index in [1.165, 1.54) is 5.01 Å². The standard InChI is InChI=1S/C8H14N2S/c1-6(7(2)9-3)8-10-4-5-11-8/h4-7,9H,1-3H3. The molecule has 2 nitrogen and oxygen atoms in total. The van der Waals surface area contributed by atoms with Crippen LogP contribution in [0.3, 0.4) is 0 Å². The molecule has 0 aliphatic rings. The lowest BCUT2D eigenvalue weighted by atomic mass is 10.1. The molecule has 0 radical (unpaired) electrons. The largest absolute Gasteiger partial charge is 0.317 e. The average Bonchev–Trinajstić information content (AvgIpc) is 2.53. The second kappa shape index (κ2) is 3.83. The Morgan fingerprint density at radius 1 is 1.55 bits per heavy atom. The predicted octanol–water partition coefficient (Wildman–Crippen LogP) is 1.85. The van der Waals surface area contributed by atoms with Gasteiger partial charge in [0.2, 0.25) is 0 Å². The maximum Gasteiger partial charge on any atom is 0.0968 e. The monoisotopic (exact) mass is 170 g/mol. The molecular weight excluding hydrogens is 156 g/mol. The Hall–Kier alpha value is -0.410. The molecule has 11 heavy (non-hydrogen) atoms. The van der Waals surface area contributed by atoms with Crippen molar-refractivity contribution in [3.8, 4) is 0 Å².